The van der Waals surface area contributed by atoms with Gasteiger partial charge in [0, 0.05) is 50.6 Å². The highest BCUT2D eigenvalue weighted by molar-refractivity contribution is 5.77. The van der Waals surface area contributed by atoms with Crippen molar-refractivity contribution in [3.05, 3.63) is 54.0 Å². The molecule has 5 nitrogen and oxygen atoms in total. The minimum absolute atomic E-state index is 0.157. The first-order chi connectivity index (χ1) is 14.1. The molecule has 0 bridgehead atoms. The number of nitrogens with zero attached hydrogens (tertiary/aromatic N) is 2. The largest absolute Gasteiger partial charge is 0.487 e. The summed E-state index contributed by atoms with van der Waals surface area (Å²) in [5, 5.41) is 0. The van der Waals surface area contributed by atoms with Gasteiger partial charge in [-0.2, -0.15) is 0 Å². The molecule has 3 heterocycles. The number of benzene rings is 1. The number of hydrogen-bond donors (Lipinski definition) is 0. The Morgan fingerprint density at radius 2 is 1.93 bits per heavy atom. The normalized spacial score (nSPS) is 20.8. The highest BCUT2D eigenvalue weighted by atomic mass is 16.5. The van der Waals surface area contributed by atoms with Crippen LogP contribution in [0.15, 0.2) is 47.3 Å². The van der Waals surface area contributed by atoms with Crippen LogP contribution in [-0.2, 0) is 11.3 Å². The van der Waals surface area contributed by atoms with Gasteiger partial charge in [-0.1, -0.05) is 18.2 Å². The molecule has 0 N–H and O–H groups in total. The number of fused-ring (bicyclic) bond motifs is 1. The fourth-order valence-corrected chi connectivity index (χ4v) is 4.91. The van der Waals surface area contributed by atoms with Gasteiger partial charge in [-0.25, -0.2) is 0 Å². The molecule has 29 heavy (non-hydrogen) atoms. The third kappa shape index (κ3) is 4.35. The van der Waals surface area contributed by atoms with Gasteiger partial charge < -0.3 is 14.1 Å². The Bertz CT molecular complexity index is 805. The third-order valence-corrected chi connectivity index (χ3v) is 6.59. The summed E-state index contributed by atoms with van der Waals surface area (Å²) in [7, 11) is 0. The number of hydrogen-bond acceptors (Lipinski definition) is 4. The summed E-state index contributed by atoms with van der Waals surface area (Å²) in [6, 6.07) is 10.3. The van der Waals surface area contributed by atoms with E-state index in [1.165, 1.54) is 11.1 Å². The number of carbonyl (C=O) groups excluding carboxylic acids is 1. The molecule has 1 atom stereocenters. The predicted octanol–water partition coefficient (Wildman–Crippen LogP) is 4.44. The Labute approximate surface area is 173 Å². The topological polar surface area (TPSA) is 45.9 Å². The molecule has 0 saturated carbocycles. The Balaban J connectivity index is 1.47. The van der Waals surface area contributed by atoms with E-state index in [9.17, 15) is 4.79 Å². The lowest BCUT2D eigenvalue weighted by atomic mass is 9.76. The van der Waals surface area contributed by atoms with Crippen molar-refractivity contribution < 1.29 is 13.9 Å². The van der Waals surface area contributed by atoms with E-state index in [0.717, 1.165) is 57.7 Å². The van der Waals surface area contributed by atoms with Crippen molar-refractivity contribution in [3.63, 3.8) is 0 Å². The molecule has 0 aliphatic carbocycles. The van der Waals surface area contributed by atoms with Crippen molar-refractivity contribution in [1.82, 2.24) is 9.80 Å². The summed E-state index contributed by atoms with van der Waals surface area (Å²) < 4.78 is 11.8. The van der Waals surface area contributed by atoms with Crippen molar-refractivity contribution in [2.45, 2.75) is 57.6 Å². The molecule has 0 radical (unpaired) electrons. The van der Waals surface area contributed by atoms with Crippen LogP contribution in [0.25, 0.3) is 0 Å². The number of likely N-dealkylation sites (tertiary alicyclic amines) is 1. The molecular formula is C24H32N2O3. The summed E-state index contributed by atoms with van der Waals surface area (Å²) in [4.78, 5) is 17.3. The number of carbonyl (C=O) groups is 1. The quantitative estimate of drug-likeness (QED) is 0.724. The van der Waals surface area contributed by atoms with E-state index in [1.807, 2.05) is 23.3 Å². The van der Waals surface area contributed by atoms with Crippen molar-refractivity contribution in [2.75, 3.05) is 26.2 Å². The molecule has 1 amide bonds. The van der Waals surface area contributed by atoms with Gasteiger partial charge in [-0.15, -0.1) is 0 Å². The summed E-state index contributed by atoms with van der Waals surface area (Å²) >= 11 is 0. The van der Waals surface area contributed by atoms with Gasteiger partial charge >= 0.3 is 0 Å². The zero-order chi connectivity index (χ0) is 20.3. The molecule has 1 aromatic heterocycles. The lowest BCUT2D eigenvalue weighted by molar-refractivity contribution is -0.131. The standard InChI is InChI=1S/C24H32N2O3/c1-3-26(4-2)23(27)15-20-16-24(29-22-8-6-5-7-21(20)22)10-12-25(13-11-24)17-19-9-14-28-18-19/h5-9,14,18,20H,3-4,10-13,15-17H2,1-2H3/t20-/m1/s1. The molecular weight excluding hydrogens is 364 g/mol. The number of para-hydroxylation sites is 1. The van der Waals surface area contributed by atoms with Crippen LogP contribution in [-0.4, -0.2) is 47.5 Å². The molecule has 5 heteroatoms. The number of amides is 1. The summed E-state index contributed by atoms with van der Waals surface area (Å²) in [6.07, 6.45) is 7.05. The van der Waals surface area contributed by atoms with Gasteiger partial charge in [0.15, 0.2) is 0 Å². The lowest BCUT2D eigenvalue weighted by Crippen LogP contribution is -2.50. The van der Waals surface area contributed by atoms with Crippen LogP contribution in [0.4, 0.5) is 0 Å². The van der Waals surface area contributed by atoms with Crippen LogP contribution in [0.2, 0.25) is 0 Å². The number of ether oxygens (including phenoxy) is 1. The molecule has 2 aliphatic rings. The summed E-state index contributed by atoms with van der Waals surface area (Å²) in [5.74, 6) is 1.46. The fourth-order valence-electron chi connectivity index (χ4n) is 4.91. The van der Waals surface area contributed by atoms with E-state index in [4.69, 9.17) is 9.15 Å². The first kappa shape index (κ1) is 20.0. The molecule has 1 spiro atoms. The van der Waals surface area contributed by atoms with E-state index >= 15 is 0 Å². The molecule has 4 rings (SSSR count). The monoisotopic (exact) mass is 396 g/mol. The fraction of sp³-hybridized carbons (Fsp3) is 0.542. The first-order valence-corrected chi connectivity index (χ1v) is 10.9. The van der Waals surface area contributed by atoms with Crippen LogP contribution in [0.1, 0.15) is 56.6 Å². The van der Waals surface area contributed by atoms with Crippen LogP contribution in [0, 0.1) is 0 Å². The molecule has 2 aromatic rings. The number of furan rings is 1. The Morgan fingerprint density at radius 3 is 2.62 bits per heavy atom. The van der Waals surface area contributed by atoms with Gasteiger partial charge in [0.05, 0.1) is 12.5 Å². The maximum atomic E-state index is 12.9. The smallest absolute Gasteiger partial charge is 0.223 e. The van der Waals surface area contributed by atoms with Gasteiger partial charge in [-0.05, 0) is 50.8 Å². The molecule has 1 saturated heterocycles. The van der Waals surface area contributed by atoms with Crippen molar-refractivity contribution in [1.29, 1.82) is 0 Å². The van der Waals surface area contributed by atoms with E-state index in [0.29, 0.717) is 6.42 Å². The Morgan fingerprint density at radius 1 is 1.17 bits per heavy atom. The van der Waals surface area contributed by atoms with Crippen molar-refractivity contribution in [3.8, 4) is 5.75 Å². The molecule has 1 fully saturated rings. The molecule has 156 valence electrons. The minimum atomic E-state index is -0.157. The van der Waals surface area contributed by atoms with Gasteiger partial charge in [0.25, 0.3) is 0 Å². The zero-order valence-electron chi connectivity index (χ0n) is 17.6. The van der Waals surface area contributed by atoms with Crippen LogP contribution in [0.5, 0.6) is 5.75 Å². The summed E-state index contributed by atoms with van der Waals surface area (Å²) in [5.41, 5.74) is 2.26. The van der Waals surface area contributed by atoms with Gasteiger partial charge in [0.1, 0.15) is 11.4 Å². The van der Waals surface area contributed by atoms with E-state index in [2.05, 4.69) is 36.9 Å². The summed E-state index contributed by atoms with van der Waals surface area (Å²) in [6.45, 7) is 8.58. The molecule has 1 aromatic carbocycles. The lowest BCUT2D eigenvalue weighted by Gasteiger charge is -2.47. The maximum Gasteiger partial charge on any atom is 0.223 e. The second-order valence-electron chi connectivity index (χ2n) is 8.40. The van der Waals surface area contributed by atoms with Crippen LogP contribution in [0.3, 0.4) is 0 Å². The Kier molecular flexibility index (Phi) is 5.95. The average molecular weight is 397 g/mol. The average Bonchev–Trinajstić information content (AvgIpc) is 3.24. The van der Waals surface area contributed by atoms with E-state index in [-0.39, 0.29) is 17.4 Å². The van der Waals surface area contributed by atoms with E-state index < -0.39 is 0 Å². The minimum Gasteiger partial charge on any atom is -0.487 e. The van der Waals surface area contributed by atoms with Gasteiger partial charge in [-0.3, -0.25) is 9.69 Å². The molecule has 0 unspecified atom stereocenters. The van der Waals surface area contributed by atoms with Gasteiger partial charge in [0.2, 0.25) is 5.91 Å². The zero-order valence-corrected chi connectivity index (χ0v) is 17.6. The third-order valence-electron chi connectivity index (χ3n) is 6.59. The predicted molar refractivity (Wildman–Crippen MR) is 113 cm³/mol. The number of rotatable bonds is 6. The van der Waals surface area contributed by atoms with Crippen molar-refractivity contribution in [2.24, 2.45) is 0 Å². The first-order valence-electron chi connectivity index (χ1n) is 10.9. The van der Waals surface area contributed by atoms with Crippen LogP contribution >= 0.6 is 0 Å². The van der Waals surface area contributed by atoms with Crippen molar-refractivity contribution >= 4 is 5.91 Å². The Hall–Kier alpha value is -2.27. The second kappa shape index (κ2) is 8.62. The second-order valence-corrected chi connectivity index (χ2v) is 8.40. The molecule has 2 aliphatic heterocycles. The van der Waals surface area contributed by atoms with E-state index in [1.54, 1.807) is 6.26 Å². The SMILES string of the molecule is CCN(CC)C(=O)C[C@@H]1CC2(CCN(Cc3ccoc3)CC2)Oc2ccccc21. The van der Waals surface area contributed by atoms with Crippen LogP contribution < -0.4 is 4.74 Å². The maximum absolute atomic E-state index is 12.9. The highest BCUT2D eigenvalue weighted by Gasteiger charge is 2.43. The number of piperidine rings is 1. The highest BCUT2D eigenvalue weighted by Crippen LogP contribution is 2.46.